The smallest absolute Gasteiger partial charge is 0.407 e. The summed E-state index contributed by atoms with van der Waals surface area (Å²) >= 11 is 0. The van der Waals surface area contributed by atoms with Crippen LogP contribution >= 0.6 is 0 Å². The zero-order valence-corrected chi connectivity index (χ0v) is 31.5. The van der Waals surface area contributed by atoms with Crippen LogP contribution in [0.25, 0.3) is 33.6 Å². The van der Waals surface area contributed by atoms with Gasteiger partial charge in [-0.2, -0.15) is 0 Å². The van der Waals surface area contributed by atoms with Crippen molar-refractivity contribution in [3.63, 3.8) is 0 Å². The first-order chi connectivity index (χ1) is 26.0. The van der Waals surface area contributed by atoms with Gasteiger partial charge < -0.3 is 39.9 Å². The lowest BCUT2D eigenvalue weighted by atomic mass is 10.0. The standard InChI is InChI=1S/C39H49N9O6/c1-22(2)32(45-38(51)53-5)36(49)47-17-7-8-30(47)34-41-18-28(43-34)26-13-9-24(10-14-26)25-11-15-27(16-12-25)29-19-42-35(44-29)31-20-40-21-48(31)37(50)33(23(3)4)46-39(52)54-6/h9-16,18-19,22-23,30-33,40H,7-8,17,20-21H2,1-6H3,(H,41,43)(H,42,44)(H,45,51)(H,46,52). The average molecular weight is 740 g/mol. The number of ether oxygens (including phenoxy) is 2. The molecule has 6 rings (SSSR count). The van der Waals surface area contributed by atoms with E-state index in [2.05, 4.69) is 60.2 Å². The molecule has 286 valence electrons. The summed E-state index contributed by atoms with van der Waals surface area (Å²) in [5.41, 5.74) is 5.70. The number of amides is 4. The van der Waals surface area contributed by atoms with Crippen molar-refractivity contribution < 1.29 is 28.7 Å². The van der Waals surface area contributed by atoms with Crippen molar-refractivity contribution in [1.29, 1.82) is 0 Å². The fourth-order valence-electron chi connectivity index (χ4n) is 7.08. The van der Waals surface area contributed by atoms with Crippen molar-refractivity contribution in [1.82, 2.24) is 45.7 Å². The van der Waals surface area contributed by atoms with Crippen LogP contribution in [0.3, 0.4) is 0 Å². The molecule has 0 saturated carbocycles. The predicted octanol–water partition coefficient (Wildman–Crippen LogP) is 4.99. The molecule has 5 N–H and O–H groups in total. The molecule has 4 aromatic rings. The van der Waals surface area contributed by atoms with E-state index in [9.17, 15) is 19.2 Å². The van der Waals surface area contributed by atoms with Gasteiger partial charge in [-0.15, -0.1) is 0 Å². The number of imidazole rings is 2. The Morgan fingerprint density at radius 3 is 1.59 bits per heavy atom. The summed E-state index contributed by atoms with van der Waals surface area (Å²) in [5.74, 6) is 0.795. The van der Waals surface area contributed by atoms with Gasteiger partial charge in [-0.1, -0.05) is 76.2 Å². The molecule has 2 aromatic heterocycles. The maximum absolute atomic E-state index is 13.5. The maximum Gasteiger partial charge on any atom is 0.407 e. The Morgan fingerprint density at radius 1 is 0.685 bits per heavy atom. The third-order valence-electron chi connectivity index (χ3n) is 10.1. The number of aromatic amines is 2. The lowest BCUT2D eigenvalue weighted by molar-refractivity contribution is -0.136. The second kappa shape index (κ2) is 16.5. The lowest BCUT2D eigenvalue weighted by Gasteiger charge is -2.30. The third-order valence-corrected chi connectivity index (χ3v) is 10.1. The third kappa shape index (κ3) is 8.10. The SMILES string of the molecule is COC(=O)NC(C(=O)N1CCCC1c1ncc(-c2ccc(-c3ccc(-c4cnc(C5CNCN5C(=O)C(NC(=O)OC)C(C)C)[nH]4)cc3)cc2)[nH]1)C(C)C. The van der Waals surface area contributed by atoms with Crippen LogP contribution in [0, 0.1) is 11.8 Å². The number of nitrogens with one attached hydrogen (secondary N) is 5. The number of hydrogen-bond acceptors (Lipinski definition) is 9. The number of nitrogens with zero attached hydrogens (tertiary/aromatic N) is 4. The molecule has 15 heteroatoms. The van der Waals surface area contributed by atoms with E-state index in [0.717, 1.165) is 52.3 Å². The predicted molar refractivity (Wildman–Crippen MR) is 202 cm³/mol. The molecule has 2 aliphatic heterocycles. The van der Waals surface area contributed by atoms with Crippen LogP contribution in [0.15, 0.2) is 60.9 Å². The van der Waals surface area contributed by atoms with Crippen molar-refractivity contribution in [3.05, 3.63) is 72.6 Å². The molecule has 0 spiro atoms. The number of carbonyl (C=O) groups is 4. The Kier molecular flexibility index (Phi) is 11.6. The van der Waals surface area contributed by atoms with Crippen molar-refractivity contribution in [2.24, 2.45) is 11.8 Å². The van der Waals surface area contributed by atoms with Crippen LogP contribution in [0.1, 0.15) is 64.3 Å². The maximum atomic E-state index is 13.5. The number of rotatable bonds is 11. The van der Waals surface area contributed by atoms with Gasteiger partial charge in [-0.05, 0) is 46.9 Å². The van der Waals surface area contributed by atoms with Crippen LogP contribution in [-0.4, -0.2) is 99.8 Å². The second-order valence-electron chi connectivity index (χ2n) is 14.4. The van der Waals surface area contributed by atoms with Gasteiger partial charge in [0.15, 0.2) is 0 Å². The van der Waals surface area contributed by atoms with Gasteiger partial charge in [0.1, 0.15) is 29.8 Å². The molecule has 2 aromatic carbocycles. The van der Waals surface area contributed by atoms with E-state index in [-0.39, 0.29) is 35.7 Å². The summed E-state index contributed by atoms with van der Waals surface area (Å²) in [6.07, 6.45) is 3.92. The molecule has 2 fully saturated rings. The highest BCUT2D eigenvalue weighted by atomic mass is 16.5. The molecule has 0 bridgehead atoms. The molecular formula is C39H49N9O6. The first kappa shape index (κ1) is 38.0. The number of carbonyl (C=O) groups excluding carboxylic acids is 4. The quantitative estimate of drug-likeness (QED) is 0.141. The van der Waals surface area contributed by atoms with Crippen molar-refractivity contribution in [2.45, 2.75) is 64.7 Å². The van der Waals surface area contributed by atoms with Crippen LogP contribution in [0.4, 0.5) is 9.59 Å². The normalized spacial score (nSPS) is 18.1. The van der Waals surface area contributed by atoms with E-state index < -0.39 is 24.3 Å². The van der Waals surface area contributed by atoms with Gasteiger partial charge in [0, 0.05) is 13.1 Å². The summed E-state index contributed by atoms with van der Waals surface area (Å²) in [4.78, 5) is 70.5. The minimum atomic E-state index is -0.727. The van der Waals surface area contributed by atoms with E-state index in [0.29, 0.717) is 25.6 Å². The van der Waals surface area contributed by atoms with Crippen molar-refractivity contribution in [3.8, 4) is 33.6 Å². The van der Waals surface area contributed by atoms with Gasteiger partial charge in [-0.25, -0.2) is 19.6 Å². The first-order valence-electron chi connectivity index (χ1n) is 18.3. The number of hydrogen-bond donors (Lipinski definition) is 5. The zero-order chi connectivity index (χ0) is 38.5. The molecule has 4 unspecified atom stereocenters. The summed E-state index contributed by atoms with van der Waals surface area (Å²) in [5, 5.41) is 8.61. The zero-order valence-electron chi connectivity index (χ0n) is 31.5. The molecule has 15 nitrogen and oxygen atoms in total. The number of H-pyrrole nitrogens is 2. The minimum Gasteiger partial charge on any atom is -0.453 e. The van der Waals surface area contributed by atoms with Crippen LogP contribution in [0.2, 0.25) is 0 Å². The fourth-order valence-corrected chi connectivity index (χ4v) is 7.08. The van der Waals surface area contributed by atoms with Crippen LogP contribution in [-0.2, 0) is 19.1 Å². The molecule has 54 heavy (non-hydrogen) atoms. The van der Waals surface area contributed by atoms with Gasteiger partial charge in [0.2, 0.25) is 11.8 Å². The molecule has 0 aliphatic carbocycles. The van der Waals surface area contributed by atoms with Gasteiger partial charge in [0.25, 0.3) is 0 Å². The molecule has 2 aliphatic rings. The Balaban J connectivity index is 1.11. The Bertz CT molecular complexity index is 1800. The number of likely N-dealkylation sites (tertiary alicyclic amines) is 1. The minimum absolute atomic E-state index is 0.106. The highest BCUT2D eigenvalue weighted by molar-refractivity contribution is 5.87. The number of aromatic nitrogens is 4. The Labute approximate surface area is 314 Å². The van der Waals surface area contributed by atoms with Gasteiger partial charge in [0.05, 0.1) is 50.7 Å². The molecule has 4 amide bonds. The Hall–Kier alpha value is -5.70. The number of methoxy groups -OCH3 is 2. The first-order valence-corrected chi connectivity index (χ1v) is 18.3. The average Bonchev–Trinajstić information content (AvgIpc) is 4.02. The largest absolute Gasteiger partial charge is 0.453 e. The fraction of sp³-hybridized carbons (Fsp3) is 0.436. The monoisotopic (exact) mass is 739 g/mol. The Morgan fingerprint density at radius 2 is 1.13 bits per heavy atom. The van der Waals surface area contributed by atoms with Crippen molar-refractivity contribution in [2.75, 3.05) is 34.0 Å². The molecule has 4 atom stereocenters. The molecule has 4 heterocycles. The van der Waals surface area contributed by atoms with E-state index in [1.54, 1.807) is 22.2 Å². The highest BCUT2D eigenvalue weighted by Gasteiger charge is 2.39. The van der Waals surface area contributed by atoms with Crippen LogP contribution < -0.4 is 16.0 Å². The van der Waals surface area contributed by atoms with Crippen LogP contribution in [0.5, 0.6) is 0 Å². The lowest BCUT2D eigenvalue weighted by Crippen LogP contribution is -2.51. The van der Waals surface area contributed by atoms with E-state index in [1.165, 1.54) is 14.2 Å². The number of benzene rings is 2. The molecule has 0 radical (unpaired) electrons. The summed E-state index contributed by atoms with van der Waals surface area (Å²) in [6, 6.07) is 14.5. The summed E-state index contributed by atoms with van der Waals surface area (Å²) < 4.78 is 9.48. The van der Waals surface area contributed by atoms with Crippen molar-refractivity contribution >= 4 is 24.0 Å². The van der Waals surface area contributed by atoms with Gasteiger partial charge >= 0.3 is 12.2 Å². The topological polar surface area (TPSA) is 187 Å². The molecular weight excluding hydrogens is 690 g/mol. The summed E-state index contributed by atoms with van der Waals surface area (Å²) in [6.45, 7) is 9.02. The summed E-state index contributed by atoms with van der Waals surface area (Å²) in [7, 11) is 2.56. The highest BCUT2D eigenvalue weighted by Crippen LogP contribution is 2.34. The molecule has 2 saturated heterocycles. The van der Waals surface area contributed by atoms with E-state index in [1.807, 2.05) is 52.0 Å². The second-order valence-corrected chi connectivity index (χ2v) is 14.4. The number of alkyl carbamates (subject to hydrolysis) is 2. The van der Waals surface area contributed by atoms with E-state index in [4.69, 9.17) is 9.47 Å². The van der Waals surface area contributed by atoms with Gasteiger partial charge in [-0.3, -0.25) is 14.9 Å². The van der Waals surface area contributed by atoms with E-state index >= 15 is 0 Å².